The molecule has 0 saturated heterocycles. The highest BCUT2D eigenvalue weighted by Crippen LogP contribution is 2.33. The summed E-state index contributed by atoms with van der Waals surface area (Å²) in [6, 6.07) is 3.80. The number of hydrogen-bond donors (Lipinski definition) is 1. The Balaban J connectivity index is 2.92. The van der Waals surface area contributed by atoms with Crippen LogP contribution < -0.4 is 14.8 Å². The Labute approximate surface area is 114 Å². The highest BCUT2D eigenvalue weighted by Gasteiger charge is 2.10. The van der Waals surface area contributed by atoms with Gasteiger partial charge in [-0.2, -0.15) is 0 Å². The van der Waals surface area contributed by atoms with Gasteiger partial charge in [0.15, 0.2) is 11.5 Å². The summed E-state index contributed by atoms with van der Waals surface area (Å²) in [4.78, 5) is 0. The van der Waals surface area contributed by atoms with Gasteiger partial charge in [-0.05, 0) is 31.5 Å². The van der Waals surface area contributed by atoms with Crippen molar-refractivity contribution in [2.24, 2.45) is 0 Å². The topological polar surface area (TPSA) is 30.5 Å². The maximum absolute atomic E-state index is 6.24. The molecule has 18 heavy (non-hydrogen) atoms. The summed E-state index contributed by atoms with van der Waals surface area (Å²) in [5, 5.41) is 3.97. The SMILES string of the molecule is CCCOc1cc(Cl)c(CNCC)cc1OCC. The molecule has 0 amide bonds. The van der Waals surface area contributed by atoms with E-state index in [4.69, 9.17) is 21.1 Å². The van der Waals surface area contributed by atoms with E-state index in [1.807, 2.05) is 19.1 Å². The largest absolute Gasteiger partial charge is 0.490 e. The Morgan fingerprint density at radius 2 is 1.83 bits per heavy atom. The minimum absolute atomic E-state index is 0.616. The molecule has 0 bridgehead atoms. The average molecular weight is 272 g/mol. The van der Waals surface area contributed by atoms with E-state index in [9.17, 15) is 0 Å². The van der Waals surface area contributed by atoms with Crippen molar-refractivity contribution in [2.75, 3.05) is 19.8 Å². The number of rotatable bonds is 8. The Bertz CT molecular complexity index is 369. The van der Waals surface area contributed by atoms with Gasteiger partial charge in [0.2, 0.25) is 0 Å². The number of halogens is 1. The molecule has 0 unspecified atom stereocenters. The Morgan fingerprint density at radius 3 is 2.44 bits per heavy atom. The van der Waals surface area contributed by atoms with Gasteiger partial charge in [0, 0.05) is 17.6 Å². The lowest BCUT2D eigenvalue weighted by molar-refractivity contribution is 0.276. The zero-order valence-corrected chi connectivity index (χ0v) is 12.1. The number of hydrogen-bond acceptors (Lipinski definition) is 3. The van der Waals surface area contributed by atoms with Crippen LogP contribution in [-0.2, 0) is 6.54 Å². The molecule has 4 heteroatoms. The molecule has 1 aromatic carbocycles. The first-order valence-corrected chi connectivity index (χ1v) is 6.89. The Kier molecular flexibility index (Phi) is 6.91. The van der Waals surface area contributed by atoms with E-state index in [2.05, 4.69) is 19.2 Å². The van der Waals surface area contributed by atoms with Crippen molar-refractivity contribution < 1.29 is 9.47 Å². The normalized spacial score (nSPS) is 10.4. The van der Waals surface area contributed by atoms with Crippen LogP contribution in [0, 0.1) is 0 Å². The fourth-order valence-corrected chi connectivity index (χ4v) is 1.79. The molecular weight excluding hydrogens is 250 g/mol. The third kappa shape index (κ3) is 4.39. The summed E-state index contributed by atoms with van der Waals surface area (Å²) in [5.74, 6) is 1.49. The molecule has 102 valence electrons. The molecule has 1 rings (SSSR count). The molecule has 3 nitrogen and oxygen atoms in total. The van der Waals surface area contributed by atoms with Crippen molar-refractivity contribution in [3.63, 3.8) is 0 Å². The molecule has 0 heterocycles. The summed E-state index contributed by atoms with van der Waals surface area (Å²) in [5.41, 5.74) is 1.03. The van der Waals surface area contributed by atoms with Gasteiger partial charge in [-0.3, -0.25) is 0 Å². The van der Waals surface area contributed by atoms with Crippen LogP contribution in [-0.4, -0.2) is 19.8 Å². The standard InChI is InChI=1S/C14H22ClNO2/c1-4-7-18-14-9-12(15)11(10-16-5-2)8-13(14)17-6-3/h8-9,16H,4-7,10H2,1-3H3. The second kappa shape index (κ2) is 8.22. The van der Waals surface area contributed by atoms with Crippen molar-refractivity contribution >= 4 is 11.6 Å². The third-order valence-corrected chi connectivity index (χ3v) is 2.79. The summed E-state index contributed by atoms with van der Waals surface area (Å²) >= 11 is 6.24. The van der Waals surface area contributed by atoms with Gasteiger partial charge >= 0.3 is 0 Å². The molecule has 0 radical (unpaired) electrons. The number of benzene rings is 1. The van der Waals surface area contributed by atoms with Gasteiger partial charge in [-0.25, -0.2) is 0 Å². The second-order valence-electron chi connectivity index (χ2n) is 3.95. The van der Waals surface area contributed by atoms with E-state index in [1.54, 1.807) is 0 Å². The lowest BCUT2D eigenvalue weighted by Gasteiger charge is -2.14. The molecule has 1 N–H and O–H groups in total. The van der Waals surface area contributed by atoms with Crippen LogP contribution >= 0.6 is 11.6 Å². The van der Waals surface area contributed by atoms with E-state index in [0.29, 0.717) is 18.2 Å². The van der Waals surface area contributed by atoms with Crippen LogP contribution in [0.25, 0.3) is 0 Å². The molecule has 0 aliphatic heterocycles. The monoisotopic (exact) mass is 271 g/mol. The quantitative estimate of drug-likeness (QED) is 0.783. The third-order valence-electron chi connectivity index (χ3n) is 2.44. The van der Waals surface area contributed by atoms with Crippen molar-refractivity contribution in [1.29, 1.82) is 0 Å². The van der Waals surface area contributed by atoms with E-state index < -0.39 is 0 Å². The molecule has 0 aliphatic rings. The highest BCUT2D eigenvalue weighted by atomic mass is 35.5. The lowest BCUT2D eigenvalue weighted by Crippen LogP contribution is -2.12. The Morgan fingerprint density at radius 1 is 1.11 bits per heavy atom. The summed E-state index contributed by atoms with van der Waals surface area (Å²) < 4.78 is 11.2. The first kappa shape index (κ1) is 15.1. The smallest absolute Gasteiger partial charge is 0.162 e. The fourth-order valence-electron chi connectivity index (χ4n) is 1.57. The van der Waals surface area contributed by atoms with Crippen LogP contribution in [0.4, 0.5) is 0 Å². The average Bonchev–Trinajstić information content (AvgIpc) is 2.37. The van der Waals surface area contributed by atoms with Gasteiger partial charge in [-0.1, -0.05) is 25.4 Å². The predicted molar refractivity (Wildman–Crippen MR) is 75.8 cm³/mol. The van der Waals surface area contributed by atoms with Crippen LogP contribution in [0.1, 0.15) is 32.8 Å². The van der Waals surface area contributed by atoms with E-state index >= 15 is 0 Å². The zero-order valence-electron chi connectivity index (χ0n) is 11.4. The molecule has 0 aromatic heterocycles. The van der Waals surface area contributed by atoms with Crippen molar-refractivity contribution in [3.8, 4) is 11.5 Å². The fraction of sp³-hybridized carbons (Fsp3) is 0.571. The minimum Gasteiger partial charge on any atom is -0.490 e. The van der Waals surface area contributed by atoms with Gasteiger partial charge in [0.25, 0.3) is 0 Å². The molecule has 0 aliphatic carbocycles. The van der Waals surface area contributed by atoms with Crippen LogP contribution in [0.5, 0.6) is 11.5 Å². The van der Waals surface area contributed by atoms with Crippen LogP contribution in [0.2, 0.25) is 5.02 Å². The molecular formula is C14H22ClNO2. The maximum atomic E-state index is 6.24. The maximum Gasteiger partial charge on any atom is 0.162 e. The predicted octanol–water partition coefficient (Wildman–Crippen LogP) is 3.64. The lowest BCUT2D eigenvalue weighted by atomic mass is 10.2. The van der Waals surface area contributed by atoms with Gasteiger partial charge < -0.3 is 14.8 Å². The van der Waals surface area contributed by atoms with Crippen molar-refractivity contribution in [1.82, 2.24) is 5.32 Å². The van der Waals surface area contributed by atoms with E-state index in [0.717, 1.165) is 36.6 Å². The first-order valence-electron chi connectivity index (χ1n) is 6.51. The van der Waals surface area contributed by atoms with Crippen molar-refractivity contribution in [3.05, 3.63) is 22.7 Å². The van der Waals surface area contributed by atoms with Gasteiger partial charge in [0.05, 0.1) is 13.2 Å². The Hall–Kier alpha value is -0.930. The molecule has 0 saturated carbocycles. The highest BCUT2D eigenvalue weighted by molar-refractivity contribution is 6.31. The van der Waals surface area contributed by atoms with Crippen LogP contribution in [0.3, 0.4) is 0 Å². The molecule has 0 spiro atoms. The first-order chi connectivity index (χ1) is 8.72. The van der Waals surface area contributed by atoms with Crippen molar-refractivity contribution in [2.45, 2.75) is 33.7 Å². The molecule has 0 fully saturated rings. The molecule has 0 atom stereocenters. The van der Waals surface area contributed by atoms with E-state index in [-0.39, 0.29) is 0 Å². The number of ether oxygens (including phenoxy) is 2. The zero-order chi connectivity index (χ0) is 13.4. The van der Waals surface area contributed by atoms with Crippen LogP contribution in [0.15, 0.2) is 12.1 Å². The summed E-state index contributed by atoms with van der Waals surface area (Å²) in [6.07, 6.45) is 0.961. The molecule has 1 aromatic rings. The second-order valence-corrected chi connectivity index (χ2v) is 4.36. The summed E-state index contributed by atoms with van der Waals surface area (Å²) in [6.45, 7) is 9.03. The van der Waals surface area contributed by atoms with E-state index in [1.165, 1.54) is 0 Å². The van der Waals surface area contributed by atoms with Gasteiger partial charge in [-0.15, -0.1) is 0 Å². The minimum atomic E-state index is 0.616. The van der Waals surface area contributed by atoms with Gasteiger partial charge in [0.1, 0.15) is 0 Å². The summed E-state index contributed by atoms with van der Waals surface area (Å²) in [7, 11) is 0. The number of nitrogens with one attached hydrogen (secondary N) is 1.